The van der Waals surface area contributed by atoms with Gasteiger partial charge in [-0.3, -0.25) is 0 Å². The Balaban J connectivity index is 2.14. The molecule has 1 aromatic rings. The second-order valence-corrected chi connectivity index (χ2v) is 4.34. The zero-order valence-electron chi connectivity index (χ0n) is 7.36. The first-order valence-corrected chi connectivity index (χ1v) is 6.10. The van der Waals surface area contributed by atoms with Crippen LogP contribution in [-0.4, -0.2) is 12.0 Å². The molecule has 0 saturated carbocycles. The third-order valence-corrected chi connectivity index (χ3v) is 3.17. The maximum Gasteiger partial charge on any atom is 0.0832 e. The Morgan fingerprint density at radius 1 is 1.46 bits per heavy atom. The zero-order chi connectivity index (χ0) is 9.36. The van der Waals surface area contributed by atoms with Crippen molar-refractivity contribution in [1.82, 2.24) is 10.3 Å². The monoisotopic (exact) mass is 212 g/mol. The molecule has 0 atom stereocenters. The van der Waals surface area contributed by atoms with Crippen LogP contribution in [0.25, 0.3) is 0 Å². The molecule has 2 N–H and O–H groups in total. The predicted octanol–water partition coefficient (Wildman–Crippen LogP) is 3.00. The number of H-pyrrole nitrogens is 1. The lowest BCUT2D eigenvalue weighted by atomic mass is 10.6. The van der Waals surface area contributed by atoms with E-state index < -0.39 is 0 Å². The van der Waals surface area contributed by atoms with Crippen molar-refractivity contribution < 1.29 is 0 Å². The van der Waals surface area contributed by atoms with E-state index in [1.807, 2.05) is 43.1 Å². The molecule has 0 aliphatic carbocycles. The van der Waals surface area contributed by atoms with Gasteiger partial charge in [-0.25, -0.2) is 0 Å². The third kappa shape index (κ3) is 4.75. The van der Waals surface area contributed by atoms with Crippen LogP contribution in [0.3, 0.4) is 0 Å². The standard InChI is InChI=1S/C9H12N2S2/c1-10-6-2-3-8-12-13-9-5-4-7-11-9/h2-8,10-11H,1H3/b6-2-,8-3+. The molecule has 13 heavy (non-hydrogen) atoms. The molecule has 2 nitrogen and oxygen atoms in total. The average molecular weight is 212 g/mol. The van der Waals surface area contributed by atoms with E-state index >= 15 is 0 Å². The van der Waals surface area contributed by atoms with Gasteiger partial charge in [0.2, 0.25) is 0 Å². The number of allylic oxidation sites excluding steroid dienone is 2. The molecule has 0 radical (unpaired) electrons. The highest BCUT2D eigenvalue weighted by molar-refractivity contribution is 8.77. The Kier molecular flexibility index (Phi) is 5.36. The number of hydrogen-bond acceptors (Lipinski definition) is 3. The second kappa shape index (κ2) is 6.74. The van der Waals surface area contributed by atoms with E-state index in [1.54, 1.807) is 21.6 Å². The van der Waals surface area contributed by atoms with Gasteiger partial charge in [-0.05, 0) is 40.6 Å². The number of nitrogens with one attached hydrogen (secondary N) is 2. The highest BCUT2D eigenvalue weighted by atomic mass is 33.1. The van der Waals surface area contributed by atoms with Crippen LogP contribution in [-0.2, 0) is 0 Å². The Morgan fingerprint density at radius 3 is 3.08 bits per heavy atom. The molecule has 0 aliphatic heterocycles. The maximum absolute atomic E-state index is 3.12. The largest absolute Gasteiger partial charge is 0.394 e. The molecular formula is C9H12N2S2. The van der Waals surface area contributed by atoms with Crippen molar-refractivity contribution in [3.63, 3.8) is 0 Å². The van der Waals surface area contributed by atoms with Gasteiger partial charge < -0.3 is 10.3 Å². The third-order valence-electron chi connectivity index (χ3n) is 1.22. The molecular weight excluding hydrogens is 200 g/mol. The van der Waals surface area contributed by atoms with Crippen LogP contribution < -0.4 is 5.32 Å². The van der Waals surface area contributed by atoms with Gasteiger partial charge in [0.25, 0.3) is 0 Å². The fourth-order valence-corrected chi connectivity index (χ4v) is 2.22. The molecule has 0 saturated heterocycles. The summed E-state index contributed by atoms with van der Waals surface area (Å²) in [6, 6.07) is 4.04. The lowest BCUT2D eigenvalue weighted by Gasteiger charge is -1.89. The molecule has 0 unspecified atom stereocenters. The number of aromatic nitrogens is 1. The van der Waals surface area contributed by atoms with Crippen molar-refractivity contribution in [3.05, 3.63) is 42.1 Å². The van der Waals surface area contributed by atoms with Crippen LogP contribution in [0.2, 0.25) is 0 Å². The molecule has 1 rings (SSSR count). The van der Waals surface area contributed by atoms with Crippen LogP contribution in [0.5, 0.6) is 0 Å². The minimum absolute atomic E-state index is 1.17. The molecule has 1 aromatic heterocycles. The normalized spacial score (nSPS) is 11.5. The Labute approximate surface area is 86.3 Å². The van der Waals surface area contributed by atoms with Gasteiger partial charge in [-0.15, -0.1) is 0 Å². The summed E-state index contributed by atoms with van der Waals surface area (Å²) in [5.41, 5.74) is 0. The first kappa shape index (κ1) is 10.3. The van der Waals surface area contributed by atoms with E-state index in [-0.39, 0.29) is 0 Å². The van der Waals surface area contributed by atoms with Crippen molar-refractivity contribution in [2.75, 3.05) is 7.05 Å². The fraction of sp³-hybridized carbons (Fsp3) is 0.111. The number of hydrogen-bond donors (Lipinski definition) is 2. The minimum Gasteiger partial charge on any atom is -0.394 e. The van der Waals surface area contributed by atoms with E-state index in [1.165, 1.54) is 5.03 Å². The maximum atomic E-state index is 3.12. The fourth-order valence-electron chi connectivity index (χ4n) is 0.675. The number of aromatic amines is 1. The summed E-state index contributed by atoms with van der Waals surface area (Å²) >= 11 is 0. The van der Waals surface area contributed by atoms with Gasteiger partial charge >= 0.3 is 0 Å². The van der Waals surface area contributed by atoms with Gasteiger partial charge in [0.15, 0.2) is 0 Å². The second-order valence-electron chi connectivity index (χ2n) is 2.19. The zero-order valence-corrected chi connectivity index (χ0v) is 8.99. The van der Waals surface area contributed by atoms with Crippen LogP contribution in [0.4, 0.5) is 0 Å². The lowest BCUT2D eigenvalue weighted by molar-refractivity contribution is 1.10. The highest BCUT2D eigenvalue weighted by Crippen LogP contribution is 2.29. The van der Waals surface area contributed by atoms with Gasteiger partial charge in [0.05, 0.1) is 5.03 Å². The van der Waals surface area contributed by atoms with E-state index in [4.69, 9.17) is 0 Å². The van der Waals surface area contributed by atoms with Crippen molar-refractivity contribution in [1.29, 1.82) is 0 Å². The predicted molar refractivity (Wildman–Crippen MR) is 61.6 cm³/mol. The van der Waals surface area contributed by atoms with E-state index in [9.17, 15) is 0 Å². The smallest absolute Gasteiger partial charge is 0.0832 e. The first-order valence-electron chi connectivity index (χ1n) is 3.89. The van der Waals surface area contributed by atoms with Crippen molar-refractivity contribution in [2.24, 2.45) is 0 Å². The van der Waals surface area contributed by atoms with Crippen molar-refractivity contribution >= 4 is 21.6 Å². The summed E-state index contributed by atoms with van der Waals surface area (Å²) in [6.45, 7) is 0. The Hall–Kier alpha value is -0.740. The van der Waals surface area contributed by atoms with Gasteiger partial charge in [0, 0.05) is 13.2 Å². The summed E-state index contributed by atoms with van der Waals surface area (Å²) in [5, 5.41) is 6.13. The first-order chi connectivity index (χ1) is 6.43. The topological polar surface area (TPSA) is 27.8 Å². The molecule has 1 heterocycles. The van der Waals surface area contributed by atoms with E-state index in [0.717, 1.165) is 0 Å². The molecule has 0 aliphatic rings. The Morgan fingerprint density at radius 2 is 2.38 bits per heavy atom. The molecule has 0 fully saturated rings. The molecule has 70 valence electrons. The Bertz CT molecular complexity index is 265. The van der Waals surface area contributed by atoms with E-state index in [2.05, 4.69) is 16.4 Å². The molecule has 0 amide bonds. The van der Waals surface area contributed by atoms with E-state index in [0.29, 0.717) is 0 Å². The molecule has 0 bridgehead atoms. The highest BCUT2D eigenvalue weighted by Gasteiger charge is 1.89. The molecule has 0 spiro atoms. The summed E-state index contributed by atoms with van der Waals surface area (Å²) in [4.78, 5) is 3.12. The summed E-state index contributed by atoms with van der Waals surface area (Å²) in [5.74, 6) is 0. The summed E-state index contributed by atoms with van der Waals surface area (Å²) < 4.78 is 0. The van der Waals surface area contributed by atoms with Crippen LogP contribution in [0.15, 0.2) is 47.1 Å². The van der Waals surface area contributed by atoms with Crippen LogP contribution in [0.1, 0.15) is 0 Å². The summed E-state index contributed by atoms with van der Waals surface area (Å²) in [6.07, 6.45) is 7.77. The van der Waals surface area contributed by atoms with Gasteiger partial charge in [-0.2, -0.15) is 0 Å². The van der Waals surface area contributed by atoms with Crippen molar-refractivity contribution in [2.45, 2.75) is 5.03 Å². The average Bonchev–Trinajstić information content (AvgIpc) is 2.63. The van der Waals surface area contributed by atoms with Gasteiger partial charge in [0.1, 0.15) is 0 Å². The van der Waals surface area contributed by atoms with Crippen molar-refractivity contribution in [3.8, 4) is 0 Å². The quantitative estimate of drug-likeness (QED) is 0.580. The van der Waals surface area contributed by atoms with Crippen LogP contribution >= 0.6 is 21.6 Å². The number of rotatable bonds is 5. The SMILES string of the molecule is CN/C=C\C=C\SSc1ccc[nH]1. The molecule has 4 heteroatoms. The van der Waals surface area contributed by atoms with Crippen LogP contribution in [0, 0.1) is 0 Å². The van der Waals surface area contributed by atoms with Gasteiger partial charge in [-0.1, -0.05) is 16.9 Å². The lowest BCUT2D eigenvalue weighted by Crippen LogP contribution is -1.89. The molecule has 0 aromatic carbocycles. The summed E-state index contributed by atoms with van der Waals surface area (Å²) in [7, 11) is 5.27. The minimum atomic E-state index is 1.17.